The zero-order valence-corrected chi connectivity index (χ0v) is 9.91. The number of carboxylic acid groups (broad SMARTS) is 1. The minimum absolute atomic E-state index is 0.124. The smallest absolute Gasteiger partial charge is 0.326 e. The van der Waals surface area contributed by atoms with Crippen LogP contribution in [-0.2, 0) is 4.79 Å². The number of amides is 1. The lowest BCUT2D eigenvalue weighted by molar-refractivity contribution is -0.140. The van der Waals surface area contributed by atoms with Crippen LogP contribution in [0.1, 0.15) is 24.2 Å². The van der Waals surface area contributed by atoms with Crippen molar-refractivity contribution >= 4 is 11.9 Å². The summed E-state index contributed by atoms with van der Waals surface area (Å²) in [6, 6.07) is 1.55. The number of carbonyl (C=O) groups excluding carboxylic acids is 1. The molecule has 0 aliphatic heterocycles. The Morgan fingerprint density at radius 3 is 2.28 bits per heavy atom. The van der Waals surface area contributed by atoms with Gasteiger partial charge in [0, 0.05) is 5.56 Å². The molecule has 0 spiro atoms. The summed E-state index contributed by atoms with van der Waals surface area (Å²) in [7, 11) is 0. The molecule has 0 aromatic heterocycles. The molecule has 0 aliphatic rings. The summed E-state index contributed by atoms with van der Waals surface area (Å²) in [6.45, 7) is 3.26. The molecule has 1 atom stereocenters. The third-order valence-corrected chi connectivity index (χ3v) is 2.40. The van der Waals surface area contributed by atoms with Crippen molar-refractivity contribution in [2.24, 2.45) is 5.92 Å². The van der Waals surface area contributed by atoms with Crippen molar-refractivity contribution < 1.29 is 23.5 Å². The van der Waals surface area contributed by atoms with E-state index in [2.05, 4.69) is 5.32 Å². The van der Waals surface area contributed by atoms with Crippen molar-refractivity contribution in [1.29, 1.82) is 0 Å². The second-order valence-corrected chi connectivity index (χ2v) is 4.16. The van der Waals surface area contributed by atoms with Crippen LogP contribution < -0.4 is 5.32 Å². The molecule has 98 valence electrons. The van der Waals surface area contributed by atoms with Crippen LogP contribution in [-0.4, -0.2) is 23.0 Å². The van der Waals surface area contributed by atoms with E-state index in [0.717, 1.165) is 18.2 Å². The first-order valence-electron chi connectivity index (χ1n) is 5.31. The molecule has 0 fully saturated rings. The van der Waals surface area contributed by atoms with Crippen LogP contribution in [0.25, 0.3) is 0 Å². The van der Waals surface area contributed by atoms with E-state index in [-0.39, 0.29) is 11.5 Å². The molecule has 1 aromatic rings. The first-order chi connectivity index (χ1) is 8.32. The second kappa shape index (κ2) is 5.57. The molecule has 2 N–H and O–H groups in total. The number of benzene rings is 1. The van der Waals surface area contributed by atoms with Gasteiger partial charge in [-0.05, 0) is 24.1 Å². The second-order valence-electron chi connectivity index (χ2n) is 4.16. The van der Waals surface area contributed by atoms with Crippen LogP contribution in [0.15, 0.2) is 18.2 Å². The van der Waals surface area contributed by atoms with E-state index in [1.54, 1.807) is 13.8 Å². The molecule has 0 bridgehead atoms. The average molecular weight is 257 g/mol. The van der Waals surface area contributed by atoms with Gasteiger partial charge in [0.2, 0.25) is 0 Å². The lowest BCUT2D eigenvalue weighted by atomic mass is 10.0. The van der Waals surface area contributed by atoms with Crippen molar-refractivity contribution in [3.63, 3.8) is 0 Å². The van der Waals surface area contributed by atoms with Gasteiger partial charge in [-0.2, -0.15) is 0 Å². The number of carboxylic acids is 1. The lowest BCUT2D eigenvalue weighted by Gasteiger charge is -2.17. The van der Waals surface area contributed by atoms with E-state index in [9.17, 15) is 18.4 Å². The zero-order valence-electron chi connectivity index (χ0n) is 9.91. The number of halogens is 2. The fourth-order valence-electron chi connectivity index (χ4n) is 1.38. The molecule has 0 heterocycles. The summed E-state index contributed by atoms with van der Waals surface area (Å²) in [5.74, 6) is -4.48. The lowest BCUT2D eigenvalue weighted by Crippen LogP contribution is -2.44. The molecule has 1 aromatic carbocycles. The van der Waals surface area contributed by atoms with Gasteiger partial charge in [0.25, 0.3) is 5.91 Å². The molecule has 1 rings (SSSR count). The van der Waals surface area contributed by atoms with Gasteiger partial charge >= 0.3 is 5.97 Å². The van der Waals surface area contributed by atoms with E-state index >= 15 is 0 Å². The summed E-state index contributed by atoms with van der Waals surface area (Å²) in [5.41, 5.74) is -0.124. The molecular formula is C12H13F2NO3. The molecular weight excluding hydrogens is 244 g/mol. The molecule has 0 unspecified atom stereocenters. The van der Waals surface area contributed by atoms with Crippen molar-refractivity contribution in [1.82, 2.24) is 5.32 Å². The Morgan fingerprint density at radius 2 is 1.83 bits per heavy atom. The summed E-state index contributed by atoms with van der Waals surface area (Å²) < 4.78 is 25.6. The predicted octanol–water partition coefficient (Wildman–Crippen LogP) is 1.80. The monoisotopic (exact) mass is 257 g/mol. The van der Waals surface area contributed by atoms with E-state index in [1.807, 2.05) is 0 Å². The maximum absolute atomic E-state index is 12.9. The number of carbonyl (C=O) groups is 2. The Bertz CT molecular complexity index is 474. The van der Waals surface area contributed by atoms with Gasteiger partial charge in [-0.15, -0.1) is 0 Å². The van der Waals surface area contributed by atoms with Crippen LogP contribution in [0.5, 0.6) is 0 Å². The van der Waals surface area contributed by atoms with Crippen molar-refractivity contribution in [3.8, 4) is 0 Å². The Kier molecular flexibility index (Phi) is 4.36. The fraction of sp³-hybridized carbons (Fsp3) is 0.333. The number of hydrogen-bond acceptors (Lipinski definition) is 2. The number of hydrogen-bond donors (Lipinski definition) is 2. The van der Waals surface area contributed by atoms with E-state index in [0.29, 0.717) is 0 Å². The Balaban J connectivity index is 2.87. The van der Waals surface area contributed by atoms with Gasteiger partial charge in [0.15, 0.2) is 11.6 Å². The van der Waals surface area contributed by atoms with Crippen LogP contribution in [0.4, 0.5) is 8.78 Å². The molecule has 0 aliphatic carbocycles. The van der Waals surface area contributed by atoms with Crippen molar-refractivity contribution in [2.45, 2.75) is 19.9 Å². The summed E-state index contributed by atoms with van der Waals surface area (Å²) in [6.07, 6.45) is 0. The minimum Gasteiger partial charge on any atom is -0.480 e. The van der Waals surface area contributed by atoms with Crippen LogP contribution in [0, 0.1) is 17.6 Å². The van der Waals surface area contributed by atoms with Crippen LogP contribution in [0.3, 0.4) is 0 Å². The Hall–Kier alpha value is -1.98. The molecule has 4 nitrogen and oxygen atoms in total. The van der Waals surface area contributed by atoms with Crippen molar-refractivity contribution in [3.05, 3.63) is 35.4 Å². The van der Waals surface area contributed by atoms with Gasteiger partial charge in [0.05, 0.1) is 0 Å². The van der Waals surface area contributed by atoms with E-state index in [4.69, 9.17) is 5.11 Å². The number of nitrogens with one attached hydrogen (secondary N) is 1. The van der Waals surface area contributed by atoms with Crippen LogP contribution >= 0.6 is 0 Å². The van der Waals surface area contributed by atoms with E-state index < -0.39 is 29.6 Å². The average Bonchev–Trinajstić information content (AvgIpc) is 2.28. The zero-order chi connectivity index (χ0) is 13.9. The van der Waals surface area contributed by atoms with E-state index in [1.165, 1.54) is 0 Å². The van der Waals surface area contributed by atoms with Gasteiger partial charge in [-0.3, -0.25) is 4.79 Å². The molecule has 0 saturated heterocycles. The first-order valence-corrected chi connectivity index (χ1v) is 5.31. The Morgan fingerprint density at radius 1 is 1.22 bits per heavy atom. The predicted molar refractivity (Wildman–Crippen MR) is 60.1 cm³/mol. The van der Waals surface area contributed by atoms with Gasteiger partial charge < -0.3 is 10.4 Å². The molecule has 18 heavy (non-hydrogen) atoms. The minimum atomic E-state index is -1.18. The third kappa shape index (κ3) is 3.26. The molecule has 0 saturated carbocycles. The highest BCUT2D eigenvalue weighted by Crippen LogP contribution is 2.10. The molecule has 0 radical (unpaired) electrons. The van der Waals surface area contributed by atoms with Crippen LogP contribution in [0.2, 0.25) is 0 Å². The fourth-order valence-corrected chi connectivity index (χ4v) is 1.38. The van der Waals surface area contributed by atoms with Gasteiger partial charge in [0.1, 0.15) is 6.04 Å². The SMILES string of the molecule is CC(C)[C@@H](NC(=O)c1ccc(F)c(F)c1)C(=O)O. The van der Waals surface area contributed by atoms with Gasteiger partial charge in [-0.25, -0.2) is 13.6 Å². The van der Waals surface area contributed by atoms with Crippen molar-refractivity contribution in [2.75, 3.05) is 0 Å². The number of aliphatic carboxylic acids is 1. The molecule has 6 heteroatoms. The number of rotatable bonds is 4. The first kappa shape index (κ1) is 14.1. The normalized spacial score (nSPS) is 12.3. The standard InChI is InChI=1S/C12H13F2NO3/c1-6(2)10(12(17)18)15-11(16)7-3-4-8(13)9(14)5-7/h3-6,10H,1-2H3,(H,15,16)(H,17,18)/t10-/m1/s1. The largest absolute Gasteiger partial charge is 0.480 e. The summed E-state index contributed by atoms with van der Waals surface area (Å²) >= 11 is 0. The summed E-state index contributed by atoms with van der Waals surface area (Å²) in [4.78, 5) is 22.5. The topological polar surface area (TPSA) is 66.4 Å². The Labute approximate surface area is 103 Å². The highest BCUT2D eigenvalue weighted by atomic mass is 19.2. The summed E-state index contributed by atoms with van der Waals surface area (Å²) in [5, 5.41) is 11.1. The third-order valence-electron chi connectivity index (χ3n) is 2.40. The maximum Gasteiger partial charge on any atom is 0.326 e. The quantitative estimate of drug-likeness (QED) is 0.864. The molecule has 1 amide bonds. The van der Waals surface area contributed by atoms with Gasteiger partial charge in [-0.1, -0.05) is 13.8 Å². The highest BCUT2D eigenvalue weighted by Gasteiger charge is 2.24. The maximum atomic E-state index is 12.9. The highest BCUT2D eigenvalue weighted by molar-refractivity contribution is 5.96.